The molecule has 2 rings (SSSR count). The Morgan fingerprint density at radius 3 is 2.72 bits per heavy atom. The second-order valence-electron chi connectivity index (χ2n) is 4.35. The molecule has 0 unspecified atom stereocenters. The van der Waals surface area contributed by atoms with Gasteiger partial charge in [0.25, 0.3) is 0 Å². The Balaban J connectivity index is 1.91. The second-order valence-corrected chi connectivity index (χ2v) is 4.35. The highest BCUT2D eigenvalue weighted by molar-refractivity contribution is 5.25. The van der Waals surface area contributed by atoms with Gasteiger partial charge in [-0.1, -0.05) is 19.1 Å². The lowest BCUT2D eigenvalue weighted by molar-refractivity contribution is 0.475. The molecule has 0 spiro atoms. The van der Waals surface area contributed by atoms with Gasteiger partial charge in [-0.2, -0.15) is 5.10 Å². The molecule has 2 N–H and O–H groups in total. The van der Waals surface area contributed by atoms with Gasteiger partial charge in [0.2, 0.25) is 0 Å². The minimum atomic E-state index is 0.295. The van der Waals surface area contributed by atoms with Crippen molar-refractivity contribution in [1.29, 1.82) is 0 Å². The fourth-order valence-electron chi connectivity index (χ4n) is 1.77. The molecule has 0 aliphatic carbocycles. The van der Waals surface area contributed by atoms with E-state index in [1.54, 1.807) is 12.1 Å². The van der Waals surface area contributed by atoms with E-state index in [4.69, 9.17) is 0 Å². The van der Waals surface area contributed by atoms with Crippen molar-refractivity contribution in [3.63, 3.8) is 0 Å². The number of benzene rings is 1. The van der Waals surface area contributed by atoms with Crippen molar-refractivity contribution in [1.82, 2.24) is 15.1 Å². The number of aromatic nitrogens is 2. The van der Waals surface area contributed by atoms with Crippen LogP contribution in [0.4, 0.5) is 0 Å². The van der Waals surface area contributed by atoms with Crippen LogP contribution in [-0.4, -0.2) is 21.4 Å². The van der Waals surface area contributed by atoms with Gasteiger partial charge in [0.15, 0.2) is 0 Å². The first-order valence-electron chi connectivity index (χ1n) is 6.29. The molecule has 18 heavy (non-hydrogen) atoms. The van der Waals surface area contributed by atoms with E-state index in [0.29, 0.717) is 5.75 Å². The number of rotatable bonds is 6. The van der Waals surface area contributed by atoms with Crippen LogP contribution >= 0.6 is 0 Å². The van der Waals surface area contributed by atoms with Gasteiger partial charge in [-0.3, -0.25) is 4.68 Å². The summed E-state index contributed by atoms with van der Waals surface area (Å²) >= 11 is 0. The van der Waals surface area contributed by atoms with E-state index in [1.807, 2.05) is 29.1 Å². The molecule has 0 bridgehead atoms. The van der Waals surface area contributed by atoms with E-state index in [-0.39, 0.29) is 0 Å². The summed E-state index contributed by atoms with van der Waals surface area (Å²) in [6.45, 7) is 4.71. The smallest absolute Gasteiger partial charge is 0.115 e. The number of aromatic hydroxyl groups is 1. The molecule has 2 aromatic rings. The minimum absolute atomic E-state index is 0.295. The summed E-state index contributed by atoms with van der Waals surface area (Å²) in [5.41, 5.74) is 2.19. The SMILES string of the molecule is CCCNCc1ccn(Cc2ccc(O)cc2)n1. The van der Waals surface area contributed by atoms with E-state index in [0.717, 1.165) is 37.3 Å². The van der Waals surface area contributed by atoms with Crippen LogP contribution in [0.2, 0.25) is 0 Å². The molecule has 4 heteroatoms. The van der Waals surface area contributed by atoms with E-state index in [2.05, 4.69) is 17.3 Å². The van der Waals surface area contributed by atoms with Crippen LogP contribution in [0.5, 0.6) is 5.75 Å². The van der Waals surface area contributed by atoms with Crippen LogP contribution in [-0.2, 0) is 13.1 Å². The van der Waals surface area contributed by atoms with Crippen molar-refractivity contribution < 1.29 is 5.11 Å². The summed E-state index contributed by atoms with van der Waals surface area (Å²) in [6, 6.07) is 9.24. The zero-order valence-electron chi connectivity index (χ0n) is 10.6. The molecule has 1 aromatic heterocycles. The molecule has 4 nitrogen and oxygen atoms in total. The lowest BCUT2D eigenvalue weighted by Crippen LogP contribution is -2.14. The summed E-state index contributed by atoms with van der Waals surface area (Å²) in [5.74, 6) is 0.295. The molecule has 0 saturated carbocycles. The van der Waals surface area contributed by atoms with Crippen LogP contribution in [0, 0.1) is 0 Å². The van der Waals surface area contributed by atoms with Crippen LogP contribution in [0.1, 0.15) is 24.6 Å². The maximum atomic E-state index is 9.22. The summed E-state index contributed by atoms with van der Waals surface area (Å²) < 4.78 is 1.91. The fraction of sp³-hybridized carbons (Fsp3) is 0.357. The first-order chi connectivity index (χ1) is 8.78. The maximum absolute atomic E-state index is 9.22. The molecular formula is C14H19N3O. The number of hydrogen-bond acceptors (Lipinski definition) is 3. The Hall–Kier alpha value is -1.81. The van der Waals surface area contributed by atoms with Crippen molar-refractivity contribution in [2.75, 3.05) is 6.54 Å². The minimum Gasteiger partial charge on any atom is -0.508 e. The predicted octanol–water partition coefficient (Wildman–Crippen LogP) is 2.14. The van der Waals surface area contributed by atoms with Gasteiger partial charge in [0.1, 0.15) is 5.75 Å². The van der Waals surface area contributed by atoms with E-state index >= 15 is 0 Å². The van der Waals surface area contributed by atoms with Gasteiger partial charge in [-0.25, -0.2) is 0 Å². The summed E-state index contributed by atoms with van der Waals surface area (Å²) in [6.07, 6.45) is 3.12. The highest BCUT2D eigenvalue weighted by atomic mass is 16.3. The van der Waals surface area contributed by atoms with E-state index in [1.165, 1.54) is 0 Å². The molecular weight excluding hydrogens is 226 g/mol. The lowest BCUT2D eigenvalue weighted by Gasteiger charge is -2.02. The van der Waals surface area contributed by atoms with Crippen molar-refractivity contribution in [3.05, 3.63) is 47.8 Å². The molecule has 0 amide bonds. The Morgan fingerprint density at radius 1 is 1.22 bits per heavy atom. The monoisotopic (exact) mass is 245 g/mol. The first-order valence-corrected chi connectivity index (χ1v) is 6.29. The summed E-state index contributed by atoms with van der Waals surface area (Å²) in [5, 5.41) is 17.0. The number of phenols is 1. The van der Waals surface area contributed by atoms with Gasteiger partial charge >= 0.3 is 0 Å². The van der Waals surface area contributed by atoms with E-state index in [9.17, 15) is 5.11 Å². The fourth-order valence-corrected chi connectivity index (χ4v) is 1.77. The van der Waals surface area contributed by atoms with Crippen molar-refractivity contribution in [2.24, 2.45) is 0 Å². The predicted molar refractivity (Wildman–Crippen MR) is 71.4 cm³/mol. The summed E-state index contributed by atoms with van der Waals surface area (Å²) in [7, 11) is 0. The second kappa shape index (κ2) is 6.21. The molecule has 0 radical (unpaired) electrons. The zero-order chi connectivity index (χ0) is 12.8. The average molecular weight is 245 g/mol. The number of phenolic OH excluding ortho intramolecular Hbond substituents is 1. The van der Waals surface area contributed by atoms with Gasteiger partial charge in [0.05, 0.1) is 12.2 Å². The normalized spacial score (nSPS) is 10.7. The number of nitrogens with one attached hydrogen (secondary N) is 1. The van der Waals surface area contributed by atoms with Crippen LogP contribution in [0.25, 0.3) is 0 Å². The topological polar surface area (TPSA) is 50.1 Å². The largest absolute Gasteiger partial charge is 0.508 e. The Labute approximate surface area is 107 Å². The number of nitrogens with zero attached hydrogens (tertiary/aromatic N) is 2. The highest BCUT2D eigenvalue weighted by Crippen LogP contribution is 2.10. The van der Waals surface area contributed by atoms with Crippen molar-refractivity contribution >= 4 is 0 Å². The third kappa shape index (κ3) is 3.60. The molecule has 0 aliphatic heterocycles. The van der Waals surface area contributed by atoms with Crippen LogP contribution in [0.3, 0.4) is 0 Å². The molecule has 0 atom stereocenters. The Morgan fingerprint density at radius 2 is 2.00 bits per heavy atom. The highest BCUT2D eigenvalue weighted by Gasteiger charge is 2.00. The van der Waals surface area contributed by atoms with Crippen LogP contribution < -0.4 is 5.32 Å². The van der Waals surface area contributed by atoms with Gasteiger partial charge < -0.3 is 10.4 Å². The molecule has 96 valence electrons. The quantitative estimate of drug-likeness (QED) is 0.767. The van der Waals surface area contributed by atoms with Crippen LogP contribution in [0.15, 0.2) is 36.5 Å². The van der Waals surface area contributed by atoms with Crippen molar-refractivity contribution in [2.45, 2.75) is 26.4 Å². The summed E-state index contributed by atoms with van der Waals surface area (Å²) in [4.78, 5) is 0. The van der Waals surface area contributed by atoms with Gasteiger partial charge in [0, 0.05) is 12.7 Å². The lowest BCUT2D eigenvalue weighted by atomic mass is 10.2. The first kappa shape index (κ1) is 12.6. The van der Waals surface area contributed by atoms with Crippen molar-refractivity contribution in [3.8, 4) is 5.75 Å². The Kier molecular flexibility index (Phi) is 4.36. The molecule has 1 heterocycles. The third-order valence-electron chi connectivity index (χ3n) is 2.71. The molecule has 0 aliphatic rings. The number of hydrogen-bond donors (Lipinski definition) is 2. The molecule has 0 fully saturated rings. The standard InChI is InChI=1S/C14H19N3O/c1-2-8-15-10-13-7-9-17(16-13)11-12-3-5-14(18)6-4-12/h3-7,9,15,18H,2,8,10-11H2,1H3. The van der Waals surface area contributed by atoms with Gasteiger partial charge in [-0.15, -0.1) is 0 Å². The van der Waals surface area contributed by atoms with Gasteiger partial charge in [-0.05, 0) is 36.7 Å². The molecule has 0 saturated heterocycles. The zero-order valence-corrected chi connectivity index (χ0v) is 10.6. The Bertz CT molecular complexity index is 476. The van der Waals surface area contributed by atoms with E-state index < -0.39 is 0 Å². The maximum Gasteiger partial charge on any atom is 0.115 e. The molecule has 1 aromatic carbocycles. The average Bonchev–Trinajstić information content (AvgIpc) is 2.80. The third-order valence-corrected chi connectivity index (χ3v) is 2.71.